The van der Waals surface area contributed by atoms with Crippen molar-refractivity contribution in [3.63, 3.8) is 0 Å². The largest absolute Gasteiger partial charge is 0.461 e. The molecule has 2 bridgehead atoms. The summed E-state index contributed by atoms with van der Waals surface area (Å²) in [7, 11) is 0. The Morgan fingerprint density at radius 3 is 2.80 bits per heavy atom. The van der Waals surface area contributed by atoms with Crippen molar-refractivity contribution in [2.24, 2.45) is 5.92 Å². The zero-order valence-corrected chi connectivity index (χ0v) is 5.20. The molecule has 2 aliphatic heterocycles. The van der Waals surface area contributed by atoms with Crippen LogP contribution in [0, 0.1) is 5.92 Å². The fourth-order valence-corrected chi connectivity index (χ4v) is 1.22. The molecular formula is C6H6O4. The number of fused-ring (bicyclic) bond motifs is 2. The molecule has 0 N–H and O–H groups in total. The molecule has 0 saturated carbocycles. The molecule has 0 aromatic heterocycles. The SMILES string of the molecule is O=C1OC[C@@H]2C[C@H]1C(=O)O2. The number of rotatable bonds is 0. The molecule has 4 nitrogen and oxygen atoms in total. The first-order valence-corrected chi connectivity index (χ1v) is 3.14. The van der Waals surface area contributed by atoms with Crippen LogP contribution in [0.25, 0.3) is 0 Å². The van der Waals surface area contributed by atoms with Crippen LogP contribution < -0.4 is 0 Å². The number of carbonyl (C=O) groups excluding carboxylic acids is 2. The van der Waals surface area contributed by atoms with Gasteiger partial charge in [-0.3, -0.25) is 9.59 Å². The van der Waals surface area contributed by atoms with E-state index in [-0.39, 0.29) is 12.7 Å². The molecular weight excluding hydrogens is 136 g/mol. The molecule has 2 heterocycles. The monoisotopic (exact) mass is 142 g/mol. The molecule has 0 aliphatic carbocycles. The predicted octanol–water partition coefficient (Wildman–Crippen LogP) is -0.525. The number of esters is 2. The van der Waals surface area contributed by atoms with Gasteiger partial charge in [0.15, 0.2) is 5.92 Å². The van der Waals surface area contributed by atoms with Gasteiger partial charge in [0, 0.05) is 6.42 Å². The molecule has 4 heteroatoms. The number of cyclic esters (lactones) is 1. The Labute approximate surface area is 57.1 Å². The van der Waals surface area contributed by atoms with Gasteiger partial charge in [-0.15, -0.1) is 0 Å². The summed E-state index contributed by atoms with van der Waals surface area (Å²) in [4.78, 5) is 21.5. The van der Waals surface area contributed by atoms with Crippen molar-refractivity contribution in [2.45, 2.75) is 12.5 Å². The van der Waals surface area contributed by atoms with Crippen LogP contribution >= 0.6 is 0 Å². The first-order valence-electron chi connectivity index (χ1n) is 3.14. The van der Waals surface area contributed by atoms with E-state index in [1.54, 1.807) is 0 Å². The molecule has 0 unspecified atom stereocenters. The van der Waals surface area contributed by atoms with Crippen LogP contribution in [0.1, 0.15) is 6.42 Å². The van der Waals surface area contributed by atoms with E-state index < -0.39 is 17.9 Å². The van der Waals surface area contributed by atoms with Gasteiger partial charge < -0.3 is 9.47 Å². The maximum atomic E-state index is 10.7. The van der Waals surface area contributed by atoms with Crippen molar-refractivity contribution >= 4 is 11.9 Å². The quantitative estimate of drug-likeness (QED) is 0.337. The molecule has 0 spiro atoms. The molecule has 54 valence electrons. The fourth-order valence-electron chi connectivity index (χ4n) is 1.22. The second-order valence-corrected chi connectivity index (χ2v) is 2.48. The van der Waals surface area contributed by atoms with Crippen molar-refractivity contribution in [1.82, 2.24) is 0 Å². The highest BCUT2D eigenvalue weighted by molar-refractivity contribution is 5.97. The summed E-state index contributed by atoms with van der Waals surface area (Å²) in [6.45, 7) is 0.237. The first kappa shape index (κ1) is 5.70. The Hall–Kier alpha value is -1.06. The molecule has 0 radical (unpaired) electrons. The van der Waals surface area contributed by atoms with Gasteiger partial charge in [0.1, 0.15) is 12.7 Å². The Kier molecular flexibility index (Phi) is 0.977. The second-order valence-electron chi connectivity index (χ2n) is 2.48. The van der Waals surface area contributed by atoms with Gasteiger partial charge in [-0.05, 0) is 0 Å². The minimum absolute atomic E-state index is 0.171. The lowest BCUT2D eigenvalue weighted by Gasteiger charge is -2.13. The van der Waals surface area contributed by atoms with E-state index >= 15 is 0 Å². The summed E-state index contributed by atoms with van der Waals surface area (Å²) in [5, 5.41) is 0. The normalized spacial score (nSPS) is 37.2. The molecule has 2 saturated heterocycles. The topological polar surface area (TPSA) is 52.6 Å². The number of carbonyl (C=O) groups is 2. The van der Waals surface area contributed by atoms with Crippen molar-refractivity contribution < 1.29 is 19.1 Å². The molecule has 10 heavy (non-hydrogen) atoms. The average molecular weight is 142 g/mol. The van der Waals surface area contributed by atoms with E-state index in [0.717, 1.165) is 0 Å². The second kappa shape index (κ2) is 1.71. The molecule has 2 aliphatic rings. The van der Waals surface area contributed by atoms with E-state index in [9.17, 15) is 9.59 Å². The van der Waals surface area contributed by atoms with Gasteiger partial charge in [0.25, 0.3) is 0 Å². The van der Waals surface area contributed by atoms with Crippen molar-refractivity contribution in [3.8, 4) is 0 Å². The van der Waals surface area contributed by atoms with Gasteiger partial charge in [0.2, 0.25) is 0 Å². The van der Waals surface area contributed by atoms with Crippen LogP contribution in [-0.2, 0) is 19.1 Å². The lowest BCUT2D eigenvalue weighted by atomic mass is 10.0. The average Bonchev–Trinajstić information content (AvgIpc) is 2.21. The lowest BCUT2D eigenvalue weighted by molar-refractivity contribution is -0.153. The van der Waals surface area contributed by atoms with Crippen LogP contribution in [-0.4, -0.2) is 24.6 Å². The van der Waals surface area contributed by atoms with Gasteiger partial charge in [-0.25, -0.2) is 0 Å². The Morgan fingerprint density at radius 1 is 1.30 bits per heavy atom. The highest BCUT2D eigenvalue weighted by Gasteiger charge is 2.45. The molecule has 2 fully saturated rings. The van der Waals surface area contributed by atoms with Crippen LogP contribution in [0.4, 0.5) is 0 Å². The standard InChI is InChI=1S/C6H6O4/c7-5-4-1-3(2-9-5)10-6(4)8/h3-4H,1-2H2/t3-,4+/m0/s1. The van der Waals surface area contributed by atoms with Crippen molar-refractivity contribution in [3.05, 3.63) is 0 Å². The van der Waals surface area contributed by atoms with Crippen LogP contribution in [0.15, 0.2) is 0 Å². The van der Waals surface area contributed by atoms with E-state index in [0.29, 0.717) is 6.42 Å². The summed E-state index contributed by atoms with van der Waals surface area (Å²) in [5.41, 5.74) is 0. The molecule has 2 rings (SSSR count). The van der Waals surface area contributed by atoms with Crippen LogP contribution in [0.5, 0.6) is 0 Å². The van der Waals surface area contributed by atoms with Crippen LogP contribution in [0.3, 0.4) is 0 Å². The number of hydrogen-bond donors (Lipinski definition) is 0. The molecule has 0 aromatic carbocycles. The summed E-state index contributed by atoms with van der Waals surface area (Å²) in [6, 6.07) is 0. The van der Waals surface area contributed by atoms with E-state index in [2.05, 4.69) is 4.74 Å². The lowest BCUT2D eigenvalue weighted by Crippen LogP contribution is -2.27. The highest BCUT2D eigenvalue weighted by atomic mass is 16.6. The Morgan fingerprint density at radius 2 is 2.10 bits per heavy atom. The summed E-state index contributed by atoms with van der Waals surface area (Å²) >= 11 is 0. The summed E-state index contributed by atoms with van der Waals surface area (Å²) < 4.78 is 9.42. The van der Waals surface area contributed by atoms with Gasteiger partial charge in [0.05, 0.1) is 0 Å². The maximum Gasteiger partial charge on any atom is 0.320 e. The Balaban J connectivity index is 2.25. The fraction of sp³-hybridized carbons (Fsp3) is 0.667. The van der Waals surface area contributed by atoms with E-state index in [1.807, 2.05) is 0 Å². The zero-order valence-electron chi connectivity index (χ0n) is 5.20. The van der Waals surface area contributed by atoms with E-state index in [4.69, 9.17) is 4.74 Å². The van der Waals surface area contributed by atoms with Crippen LogP contribution in [0.2, 0.25) is 0 Å². The predicted molar refractivity (Wildman–Crippen MR) is 28.9 cm³/mol. The van der Waals surface area contributed by atoms with Crippen molar-refractivity contribution in [1.29, 1.82) is 0 Å². The van der Waals surface area contributed by atoms with Gasteiger partial charge in [-0.2, -0.15) is 0 Å². The first-order chi connectivity index (χ1) is 4.77. The number of hydrogen-bond acceptors (Lipinski definition) is 4. The minimum atomic E-state index is -0.626. The van der Waals surface area contributed by atoms with E-state index in [1.165, 1.54) is 0 Å². The summed E-state index contributed by atoms with van der Waals surface area (Å²) in [5.74, 6) is -1.48. The third-order valence-corrected chi connectivity index (χ3v) is 1.76. The number of ether oxygens (including phenoxy) is 2. The smallest absolute Gasteiger partial charge is 0.320 e. The Bertz CT molecular complexity index is 190. The zero-order chi connectivity index (χ0) is 7.14. The third kappa shape index (κ3) is 0.616. The third-order valence-electron chi connectivity index (χ3n) is 1.76. The van der Waals surface area contributed by atoms with Gasteiger partial charge >= 0.3 is 11.9 Å². The highest BCUT2D eigenvalue weighted by Crippen LogP contribution is 2.26. The minimum Gasteiger partial charge on any atom is -0.461 e. The maximum absolute atomic E-state index is 10.7. The molecule has 0 aromatic rings. The molecule has 2 atom stereocenters. The summed E-state index contributed by atoms with van der Waals surface area (Å²) in [6.07, 6.45) is 0.340. The van der Waals surface area contributed by atoms with Crippen molar-refractivity contribution in [2.75, 3.05) is 6.61 Å². The van der Waals surface area contributed by atoms with Gasteiger partial charge in [-0.1, -0.05) is 0 Å². The molecule has 0 amide bonds.